The van der Waals surface area contributed by atoms with Crippen LogP contribution >= 0.6 is 23.2 Å². The SMILES string of the molecule is C[C@H](N)C(=O)NCCCN(c1cc(F)cc(F)c1)C1CN(C(c2ccc(Cl)cc2)c2ccc(Cl)cc2)C1. The molecule has 9 heteroatoms. The predicted molar refractivity (Wildman–Crippen MR) is 145 cm³/mol. The summed E-state index contributed by atoms with van der Waals surface area (Å²) in [4.78, 5) is 16.1. The van der Waals surface area contributed by atoms with Gasteiger partial charge in [0.1, 0.15) is 11.6 Å². The van der Waals surface area contributed by atoms with Gasteiger partial charge in [-0.1, -0.05) is 47.5 Å². The van der Waals surface area contributed by atoms with Crippen LogP contribution in [-0.2, 0) is 4.79 Å². The lowest BCUT2D eigenvalue weighted by atomic mass is 9.92. The van der Waals surface area contributed by atoms with Gasteiger partial charge in [0.25, 0.3) is 0 Å². The third-order valence-electron chi connectivity index (χ3n) is 6.54. The van der Waals surface area contributed by atoms with Gasteiger partial charge in [0, 0.05) is 48.0 Å². The molecule has 0 spiro atoms. The van der Waals surface area contributed by atoms with Crippen molar-refractivity contribution in [2.75, 3.05) is 31.1 Å². The van der Waals surface area contributed by atoms with Crippen molar-refractivity contribution in [1.29, 1.82) is 0 Å². The van der Waals surface area contributed by atoms with E-state index in [-0.39, 0.29) is 18.0 Å². The van der Waals surface area contributed by atoms with E-state index in [9.17, 15) is 13.6 Å². The zero-order valence-corrected chi connectivity index (χ0v) is 22.0. The summed E-state index contributed by atoms with van der Waals surface area (Å²) in [6.07, 6.45) is 0.602. The van der Waals surface area contributed by atoms with Crippen molar-refractivity contribution in [3.63, 3.8) is 0 Å². The van der Waals surface area contributed by atoms with Crippen LogP contribution in [0, 0.1) is 11.6 Å². The summed E-state index contributed by atoms with van der Waals surface area (Å²) in [6, 6.07) is 18.5. The van der Waals surface area contributed by atoms with Crippen molar-refractivity contribution < 1.29 is 13.6 Å². The van der Waals surface area contributed by atoms with Crippen LogP contribution in [0.1, 0.15) is 30.5 Å². The van der Waals surface area contributed by atoms with Gasteiger partial charge in [0.15, 0.2) is 0 Å². The minimum atomic E-state index is -0.623. The zero-order chi connectivity index (χ0) is 26.5. The van der Waals surface area contributed by atoms with Gasteiger partial charge in [-0.15, -0.1) is 0 Å². The molecule has 3 aromatic carbocycles. The molecule has 3 aromatic rings. The third kappa shape index (κ3) is 6.99. The van der Waals surface area contributed by atoms with E-state index in [1.54, 1.807) is 6.92 Å². The molecular formula is C28H30Cl2F2N4O. The van der Waals surface area contributed by atoms with Crippen molar-refractivity contribution in [1.82, 2.24) is 10.2 Å². The fourth-order valence-electron chi connectivity index (χ4n) is 4.65. The molecule has 0 aromatic heterocycles. The van der Waals surface area contributed by atoms with E-state index in [4.69, 9.17) is 28.9 Å². The van der Waals surface area contributed by atoms with Crippen LogP contribution in [0.3, 0.4) is 0 Å². The standard InChI is InChI=1S/C28H30Cl2F2N4O/c1-18(33)28(37)34-11-2-12-36(25-14-23(31)13-24(32)15-25)26-16-35(17-26)27(19-3-7-21(29)8-4-19)20-5-9-22(30)10-6-20/h3-10,13-15,18,26-27H,2,11-12,16-17,33H2,1H3,(H,34,37)/t18-/m0/s1. The maximum absolute atomic E-state index is 14.1. The van der Waals surface area contributed by atoms with Gasteiger partial charge in [0.05, 0.1) is 18.1 Å². The monoisotopic (exact) mass is 546 g/mol. The van der Waals surface area contributed by atoms with E-state index in [1.165, 1.54) is 12.1 Å². The molecule has 4 rings (SSSR count). The number of nitrogens with zero attached hydrogens (tertiary/aromatic N) is 2. The third-order valence-corrected chi connectivity index (χ3v) is 7.04. The molecule has 0 aliphatic carbocycles. The Labute approximate surface area is 226 Å². The number of likely N-dealkylation sites (tertiary alicyclic amines) is 1. The van der Waals surface area contributed by atoms with Crippen molar-refractivity contribution in [3.8, 4) is 0 Å². The Kier molecular flexibility index (Phi) is 9.03. The molecule has 1 atom stereocenters. The molecule has 1 fully saturated rings. The molecule has 1 heterocycles. The number of halogens is 4. The Bertz CT molecular complexity index is 1140. The Hall–Kier alpha value is -2.71. The summed E-state index contributed by atoms with van der Waals surface area (Å²) >= 11 is 12.3. The van der Waals surface area contributed by atoms with Gasteiger partial charge in [-0.25, -0.2) is 8.78 Å². The van der Waals surface area contributed by atoms with Crippen molar-refractivity contribution in [2.45, 2.75) is 31.5 Å². The molecule has 0 unspecified atom stereocenters. The van der Waals surface area contributed by atoms with Crippen LogP contribution in [0.2, 0.25) is 10.0 Å². The van der Waals surface area contributed by atoms with Gasteiger partial charge in [-0.3, -0.25) is 9.69 Å². The number of nitrogens with one attached hydrogen (secondary N) is 1. The minimum Gasteiger partial charge on any atom is -0.366 e. The summed E-state index contributed by atoms with van der Waals surface area (Å²) in [7, 11) is 0. The largest absolute Gasteiger partial charge is 0.366 e. The topological polar surface area (TPSA) is 61.6 Å². The lowest BCUT2D eigenvalue weighted by molar-refractivity contribution is -0.121. The van der Waals surface area contributed by atoms with Crippen LogP contribution in [-0.4, -0.2) is 49.1 Å². The first kappa shape index (κ1) is 27.3. The van der Waals surface area contributed by atoms with Crippen molar-refractivity contribution in [3.05, 3.63) is 99.5 Å². The highest BCUT2D eigenvalue weighted by Crippen LogP contribution is 2.36. The summed E-state index contributed by atoms with van der Waals surface area (Å²) < 4.78 is 28.2. The number of rotatable bonds is 10. The van der Waals surface area contributed by atoms with E-state index < -0.39 is 17.7 Å². The van der Waals surface area contributed by atoms with Gasteiger partial charge < -0.3 is 16.0 Å². The maximum Gasteiger partial charge on any atom is 0.236 e. The van der Waals surface area contributed by atoms with Crippen molar-refractivity contribution >= 4 is 34.8 Å². The van der Waals surface area contributed by atoms with E-state index in [0.717, 1.165) is 17.2 Å². The van der Waals surface area contributed by atoms with E-state index in [1.807, 2.05) is 53.4 Å². The molecule has 37 heavy (non-hydrogen) atoms. The highest BCUT2D eigenvalue weighted by molar-refractivity contribution is 6.30. The molecule has 3 N–H and O–H groups in total. The van der Waals surface area contributed by atoms with Gasteiger partial charge in [-0.05, 0) is 60.9 Å². The summed E-state index contributed by atoms with van der Waals surface area (Å²) in [5, 5.41) is 4.12. The molecule has 1 aliphatic rings. The lowest BCUT2D eigenvalue weighted by Crippen LogP contribution is -2.61. The number of nitrogens with two attached hydrogens (primary N) is 1. The van der Waals surface area contributed by atoms with Gasteiger partial charge >= 0.3 is 0 Å². The van der Waals surface area contributed by atoms with Gasteiger partial charge in [-0.2, -0.15) is 0 Å². The first-order valence-corrected chi connectivity index (χ1v) is 13.0. The van der Waals surface area contributed by atoms with E-state index in [2.05, 4.69) is 10.2 Å². The molecule has 1 amide bonds. The first-order valence-electron chi connectivity index (χ1n) is 12.2. The molecule has 0 saturated carbocycles. The minimum absolute atomic E-state index is 0.0257. The number of benzene rings is 3. The van der Waals surface area contributed by atoms with E-state index >= 15 is 0 Å². The van der Waals surface area contributed by atoms with Crippen LogP contribution < -0.4 is 16.0 Å². The number of carbonyl (C=O) groups is 1. The van der Waals surface area contributed by atoms with Crippen LogP contribution in [0.25, 0.3) is 0 Å². The number of carbonyl (C=O) groups excluding carboxylic acids is 1. The second-order valence-electron chi connectivity index (χ2n) is 9.37. The van der Waals surface area contributed by atoms with E-state index in [0.29, 0.717) is 48.3 Å². The fraction of sp³-hybridized carbons (Fsp3) is 0.321. The van der Waals surface area contributed by atoms with Crippen LogP contribution in [0.15, 0.2) is 66.7 Å². The Morgan fingerprint density at radius 1 is 1.00 bits per heavy atom. The predicted octanol–water partition coefficient (Wildman–Crippen LogP) is 5.41. The first-order chi connectivity index (χ1) is 17.7. The number of hydrogen-bond donors (Lipinski definition) is 2. The average molecular weight is 547 g/mol. The molecule has 1 aliphatic heterocycles. The van der Waals surface area contributed by atoms with Crippen LogP contribution in [0.4, 0.5) is 14.5 Å². The number of amides is 1. The number of hydrogen-bond acceptors (Lipinski definition) is 4. The normalized spacial score (nSPS) is 14.9. The maximum atomic E-state index is 14.1. The second kappa shape index (κ2) is 12.2. The van der Waals surface area contributed by atoms with Gasteiger partial charge in [0.2, 0.25) is 5.91 Å². The summed E-state index contributed by atoms with van der Waals surface area (Å²) in [5.74, 6) is -1.48. The number of anilines is 1. The smallest absolute Gasteiger partial charge is 0.236 e. The molecule has 0 radical (unpaired) electrons. The lowest BCUT2D eigenvalue weighted by Gasteiger charge is -2.50. The molecular weight excluding hydrogens is 517 g/mol. The quantitative estimate of drug-likeness (QED) is 0.334. The Morgan fingerprint density at radius 2 is 1.51 bits per heavy atom. The second-order valence-corrected chi connectivity index (χ2v) is 10.2. The van der Waals surface area contributed by atoms with Crippen LogP contribution in [0.5, 0.6) is 0 Å². The van der Waals surface area contributed by atoms with Crippen molar-refractivity contribution in [2.24, 2.45) is 5.73 Å². The average Bonchev–Trinajstić information content (AvgIpc) is 2.82. The molecule has 196 valence electrons. The summed E-state index contributed by atoms with van der Waals surface area (Å²) in [5.41, 5.74) is 8.27. The Morgan fingerprint density at radius 3 is 2.00 bits per heavy atom. The fourth-order valence-corrected chi connectivity index (χ4v) is 4.90. The highest BCUT2D eigenvalue weighted by atomic mass is 35.5. The highest BCUT2D eigenvalue weighted by Gasteiger charge is 2.37. The summed E-state index contributed by atoms with van der Waals surface area (Å²) in [6.45, 7) is 3.93. The molecule has 0 bridgehead atoms. The Balaban J connectivity index is 1.52. The molecule has 5 nitrogen and oxygen atoms in total. The molecule has 1 saturated heterocycles. The zero-order valence-electron chi connectivity index (χ0n) is 20.5.